The molecular weight excluding hydrogens is 244 g/mol. The first-order valence-corrected chi connectivity index (χ1v) is 9.10. The van der Waals surface area contributed by atoms with Crippen LogP contribution in [0.1, 0.15) is 79.6 Å². The van der Waals surface area contributed by atoms with E-state index in [1.54, 1.807) is 0 Å². The summed E-state index contributed by atoms with van der Waals surface area (Å²) in [4.78, 5) is 2.63. The minimum Gasteiger partial charge on any atom is -0.326 e. The fourth-order valence-electron chi connectivity index (χ4n) is 4.63. The smallest absolute Gasteiger partial charge is 0.0357 e. The van der Waals surface area contributed by atoms with Crippen molar-refractivity contribution in [2.45, 2.75) is 91.1 Å². The number of nitrogens with two attached hydrogens (primary N) is 1. The van der Waals surface area contributed by atoms with Gasteiger partial charge in [0.15, 0.2) is 0 Å². The van der Waals surface area contributed by atoms with E-state index in [9.17, 15) is 0 Å². The molecule has 0 amide bonds. The topological polar surface area (TPSA) is 29.3 Å². The van der Waals surface area contributed by atoms with Crippen LogP contribution in [0.15, 0.2) is 0 Å². The molecule has 0 aromatic heterocycles. The normalized spacial score (nSPS) is 25.9. The molecule has 0 bridgehead atoms. The average Bonchev–Trinajstić information content (AvgIpc) is 2.52. The van der Waals surface area contributed by atoms with Gasteiger partial charge in [-0.05, 0) is 50.6 Å². The van der Waals surface area contributed by atoms with Crippen molar-refractivity contribution in [2.24, 2.45) is 17.6 Å². The van der Waals surface area contributed by atoms with Crippen LogP contribution >= 0.6 is 0 Å². The van der Waals surface area contributed by atoms with Gasteiger partial charge in [-0.3, -0.25) is 4.90 Å². The van der Waals surface area contributed by atoms with E-state index in [1.807, 2.05) is 0 Å². The average molecular weight is 283 g/mol. The predicted octanol–water partition coefficient (Wildman–Crippen LogP) is 4.43. The number of rotatable bonds is 8. The van der Waals surface area contributed by atoms with Crippen LogP contribution in [-0.2, 0) is 0 Å². The van der Waals surface area contributed by atoms with Crippen molar-refractivity contribution in [1.82, 2.24) is 4.90 Å². The SMILES string of the molecule is CCC1CCC(C(N)C(CC)(CC)N(CC)CC)CC1. The van der Waals surface area contributed by atoms with Gasteiger partial charge in [-0.25, -0.2) is 0 Å². The second-order valence-corrected chi connectivity index (χ2v) is 6.70. The number of hydrogen-bond acceptors (Lipinski definition) is 2. The maximum Gasteiger partial charge on any atom is 0.0357 e. The van der Waals surface area contributed by atoms with Gasteiger partial charge in [0, 0.05) is 11.6 Å². The maximum atomic E-state index is 6.85. The Morgan fingerprint density at radius 1 is 0.950 bits per heavy atom. The predicted molar refractivity (Wildman–Crippen MR) is 89.9 cm³/mol. The summed E-state index contributed by atoms with van der Waals surface area (Å²) in [5.41, 5.74) is 7.06. The zero-order valence-corrected chi connectivity index (χ0v) is 14.6. The van der Waals surface area contributed by atoms with Gasteiger partial charge in [0.1, 0.15) is 0 Å². The summed E-state index contributed by atoms with van der Waals surface area (Å²) >= 11 is 0. The van der Waals surface area contributed by atoms with Crippen molar-refractivity contribution >= 4 is 0 Å². The molecule has 0 aromatic rings. The van der Waals surface area contributed by atoms with Gasteiger partial charge < -0.3 is 5.73 Å². The van der Waals surface area contributed by atoms with Gasteiger partial charge >= 0.3 is 0 Å². The molecule has 0 saturated heterocycles. The van der Waals surface area contributed by atoms with Crippen LogP contribution in [0.4, 0.5) is 0 Å². The molecule has 2 heteroatoms. The molecule has 0 aliphatic heterocycles. The maximum absolute atomic E-state index is 6.85. The molecule has 1 aliphatic carbocycles. The molecule has 20 heavy (non-hydrogen) atoms. The first kappa shape index (κ1) is 18.0. The second-order valence-electron chi connectivity index (χ2n) is 6.70. The summed E-state index contributed by atoms with van der Waals surface area (Å²) in [6.07, 6.45) is 9.21. The van der Waals surface area contributed by atoms with Gasteiger partial charge in [-0.2, -0.15) is 0 Å². The molecule has 0 aromatic carbocycles. The van der Waals surface area contributed by atoms with Gasteiger partial charge in [-0.1, -0.05) is 53.9 Å². The Morgan fingerprint density at radius 2 is 1.45 bits per heavy atom. The zero-order chi connectivity index (χ0) is 15.2. The van der Waals surface area contributed by atoms with Crippen molar-refractivity contribution in [3.8, 4) is 0 Å². The van der Waals surface area contributed by atoms with E-state index in [2.05, 4.69) is 39.5 Å². The minimum absolute atomic E-state index is 0.215. The van der Waals surface area contributed by atoms with Crippen LogP contribution in [0.3, 0.4) is 0 Å². The molecule has 1 aliphatic rings. The molecule has 1 saturated carbocycles. The van der Waals surface area contributed by atoms with Crippen LogP contribution in [0.2, 0.25) is 0 Å². The third-order valence-corrected chi connectivity index (χ3v) is 6.21. The summed E-state index contributed by atoms with van der Waals surface area (Å²) in [5, 5.41) is 0. The summed E-state index contributed by atoms with van der Waals surface area (Å²) in [6.45, 7) is 13.8. The highest BCUT2D eigenvalue weighted by Crippen LogP contribution is 2.38. The lowest BCUT2D eigenvalue weighted by molar-refractivity contribution is 0.0307. The lowest BCUT2D eigenvalue weighted by Gasteiger charge is -2.50. The summed E-state index contributed by atoms with van der Waals surface area (Å²) < 4.78 is 0. The Kier molecular flexibility index (Phi) is 7.53. The highest BCUT2D eigenvalue weighted by Gasteiger charge is 2.42. The van der Waals surface area contributed by atoms with E-state index >= 15 is 0 Å². The second kappa shape index (κ2) is 8.38. The van der Waals surface area contributed by atoms with Crippen LogP contribution < -0.4 is 5.73 Å². The Balaban J connectivity index is 2.81. The molecular formula is C18H38N2. The monoisotopic (exact) mass is 282 g/mol. The quantitative estimate of drug-likeness (QED) is 0.713. The van der Waals surface area contributed by atoms with E-state index in [1.165, 1.54) is 44.9 Å². The lowest BCUT2D eigenvalue weighted by atomic mass is 9.69. The third-order valence-electron chi connectivity index (χ3n) is 6.21. The molecule has 1 atom stereocenters. The molecule has 2 nitrogen and oxygen atoms in total. The van der Waals surface area contributed by atoms with Crippen molar-refractivity contribution in [3.63, 3.8) is 0 Å². The Labute approximate surface area is 127 Å². The first-order valence-electron chi connectivity index (χ1n) is 9.10. The van der Waals surface area contributed by atoms with Crippen LogP contribution in [0.25, 0.3) is 0 Å². The summed E-state index contributed by atoms with van der Waals surface area (Å²) in [7, 11) is 0. The number of hydrogen-bond donors (Lipinski definition) is 1. The Bertz CT molecular complexity index is 248. The van der Waals surface area contributed by atoms with E-state index in [4.69, 9.17) is 5.73 Å². The summed E-state index contributed by atoms with van der Waals surface area (Å²) in [5.74, 6) is 1.70. The lowest BCUT2D eigenvalue weighted by Crippen LogP contribution is -2.62. The standard InChI is InChI=1S/C18H38N2/c1-6-15-11-13-16(14-12-15)17(19)18(7-2,8-3)20(9-4)10-5/h15-17H,6-14,19H2,1-5H3. The van der Waals surface area contributed by atoms with Crippen LogP contribution in [-0.4, -0.2) is 29.6 Å². The van der Waals surface area contributed by atoms with Crippen LogP contribution in [0.5, 0.6) is 0 Å². The van der Waals surface area contributed by atoms with E-state index in [0.717, 1.165) is 24.9 Å². The largest absolute Gasteiger partial charge is 0.326 e. The van der Waals surface area contributed by atoms with E-state index in [0.29, 0.717) is 6.04 Å². The first-order chi connectivity index (χ1) is 9.59. The number of likely N-dealkylation sites (N-methyl/N-ethyl adjacent to an activating group) is 1. The number of nitrogens with zero attached hydrogens (tertiary/aromatic N) is 1. The molecule has 0 radical (unpaired) electrons. The van der Waals surface area contributed by atoms with Crippen molar-refractivity contribution in [1.29, 1.82) is 0 Å². The van der Waals surface area contributed by atoms with Gasteiger partial charge in [0.2, 0.25) is 0 Å². The van der Waals surface area contributed by atoms with Crippen molar-refractivity contribution < 1.29 is 0 Å². The fraction of sp³-hybridized carbons (Fsp3) is 1.00. The molecule has 1 unspecified atom stereocenters. The summed E-state index contributed by atoms with van der Waals surface area (Å²) in [6, 6.07) is 0.343. The van der Waals surface area contributed by atoms with E-state index < -0.39 is 0 Å². The van der Waals surface area contributed by atoms with Crippen molar-refractivity contribution in [3.05, 3.63) is 0 Å². The van der Waals surface area contributed by atoms with Crippen LogP contribution in [0, 0.1) is 11.8 Å². The molecule has 2 N–H and O–H groups in total. The zero-order valence-electron chi connectivity index (χ0n) is 14.6. The van der Waals surface area contributed by atoms with E-state index in [-0.39, 0.29) is 5.54 Å². The highest BCUT2D eigenvalue weighted by molar-refractivity contribution is 5.00. The molecule has 0 spiro atoms. The minimum atomic E-state index is 0.215. The highest BCUT2D eigenvalue weighted by atomic mass is 15.2. The van der Waals surface area contributed by atoms with Gasteiger partial charge in [0.05, 0.1) is 0 Å². The van der Waals surface area contributed by atoms with Gasteiger partial charge in [-0.15, -0.1) is 0 Å². The molecule has 1 rings (SSSR count). The fourth-order valence-corrected chi connectivity index (χ4v) is 4.63. The molecule has 1 fully saturated rings. The Morgan fingerprint density at radius 3 is 1.80 bits per heavy atom. The molecule has 0 heterocycles. The third kappa shape index (κ3) is 3.57. The Hall–Kier alpha value is -0.0800. The van der Waals surface area contributed by atoms with Gasteiger partial charge in [0.25, 0.3) is 0 Å². The van der Waals surface area contributed by atoms with Crippen molar-refractivity contribution in [2.75, 3.05) is 13.1 Å². The molecule has 120 valence electrons.